The minimum atomic E-state index is 0.542. The Labute approximate surface area is 134 Å². The van der Waals surface area contributed by atoms with Crippen LogP contribution in [0.5, 0.6) is 0 Å². The molecule has 0 bridgehead atoms. The summed E-state index contributed by atoms with van der Waals surface area (Å²) in [6.07, 6.45) is 7.08. The first-order valence-corrected chi connectivity index (χ1v) is 8.00. The summed E-state index contributed by atoms with van der Waals surface area (Å²) in [5, 5.41) is 11.6. The van der Waals surface area contributed by atoms with Crippen LogP contribution < -0.4 is 5.32 Å². The van der Waals surface area contributed by atoms with Gasteiger partial charge in [-0.3, -0.25) is 0 Å². The lowest BCUT2D eigenvalue weighted by Crippen LogP contribution is -2.17. The lowest BCUT2D eigenvalue weighted by Gasteiger charge is -2.05. The van der Waals surface area contributed by atoms with Crippen LogP contribution in [0, 0.1) is 0 Å². The molecule has 6 nitrogen and oxygen atoms in total. The molecule has 2 aromatic heterocycles. The number of nitrogens with one attached hydrogen (secondary N) is 1. The van der Waals surface area contributed by atoms with Gasteiger partial charge in [0, 0.05) is 18.3 Å². The molecule has 6 heteroatoms. The maximum absolute atomic E-state index is 5.24. The van der Waals surface area contributed by atoms with E-state index in [0.717, 1.165) is 24.5 Å². The Balaban J connectivity index is 1.24. The first kappa shape index (κ1) is 14.1. The smallest absolute Gasteiger partial charge is 0.240 e. The Bertz CT molecular complexity index is 744. The zero-order valence-corrected chi connectivity index (χ0v) is 12.9. The number of rotatable bonds is 7. The molecule has 1 aromatic carbocycles. The third-order valence-electron chi connectivity index (χ3n) is 4.00. The fourth-order valence-electron chi connectivity index (χ4n) is 2.51. The van der Waals surface area contributed by atoms with E-state index in [9.17, 15) is 0 Å². The zero-order chi connectivity index (χ0) is 15.5. The lowest BCUT2D eigenvalue weighted by molar-refractivity contribution is 0.363. The fourth-order valence-corrected chi connectivity index (χ4v) is 2.51. The van der Waals surface area contributed by atoms with Crippen LogP contribution in [0.25, 0.3) is 5.69 Å². The molecule has 1 fully saturated rings. The Kier molecular flexibility index (Phi) is 3.90. The average molecular weight is 309 g/mol. The molecular formula is C17H19N5O. The first-order valence-electron chi connectivity index (χ1n) is 8.00. The van der Waals surface area contributed by atoms with Crippen molar-refractivity contribution in [1.29, 1.82) is 0 Å². The van der Waals surface area contributed by atoms with E-state index in [4.69, 9.17) is 4.52 Å². The summed E-state index contributed by atoms with van der Waals surface area (Å²) in [6.45, 7) is 1.51. The quantitative estimate of drug-likeness (QED) is 0.679. The standard InChI is InChI=1S/C17H19N5O/c1-9-19-22(11-1)15-6-2-13(3-7-15)8-10-18-12-16-20-17(21-23-16)14-4-5-14/h1-3,6-7,9,11,14,18H,4-5,8,10,12H2. The van der Waals surface area contributed by atoms with Crippen molar-refractivity contribution in [3.63, 3.8) is 0 Å². The predicted octanol–water partition coefficient (Wildman–Crippen LogP) is 2.47. The molecule has 118 valence electrons. The second kappa shape index (κ2) is 6.34. The Morgan fingerprint density at radius 3 is 2.83 bits per heavy atom. The van der Waals surface area contributed by atoms with Gasteiger partial charge in [-0.05, 0) is 49.6 Å². The topological polar surface area (TPSA) is 68.8 Å². The highest BCUT2D eigenvalue weighted by Gasteiger charge is 2.28. The monoisotopic (exact) mass is 309 g/mol. The highest BCUT2D eigenvalue weighted by molar-refractivity contribution is 5.33. The van der Waals surface area contributed by atoms with Crippen LogP contribution in [0.1, 0.15) is 36.0 Å². The van der Waals surface area contributed by atoms with Gasteiger partial charge in [0.25, 0.3) is 0 Å². The Hall–Kier alpha value is -2.47. The molecule has 1 N–H and O–H groups in total. The van der Waals surface area contributed by atoms with E-state index >= 15 is 0 Å². The summed E-state index contributed by atoms with van der Waals surface area (Å²) < 4.78 is 7.10. The average Bonchev–Trinajstić information content (AvgIpc) is 3.10. The second-order valence-corrected chi connectivity index (χ2v) is 5.86. The van der Waals surface area contributed by atoms with Crippen LogP contribution in [0.3, 0.4) is 0 Å². The molecule has 0 aliphatic heterocycles. The maximum atomic E-state index is 5.24. The minimum absolute atomic E-state index is 0.542. The largest absolute Gasteiger partial charge is 0.338 e. The molecule has 0 radical (unpaired) electrons. The lowest BCUT2D eigenvalue weighted by atomic mass is 10.1. The van der Waals surface area contributed by atoms with Gasteiger partial charge in [-0.25, -0.2) is 4.68 Å². The van der Waals surface area contributed by atoms with Crippen molar-refractivity contribution in [2.45, 2.75) is 31.7 Å². The van der Waals surface area contributed by atoms with Crippen molar-refractivity contribution in [2.75, 3.05) is 6.54 Å². The van der Waals surface area contributed by atoms with Gasteiger partial charge in [-0.15, -0.1) is 0 Å². The first-order chi connectivity index (χ1) is 11.4. The van der Waals surface area contributed by atoms with E-state index in [0.29, 0.717) is 18.4 Å². The minimum Gasteiger partial charge on any atom is -0.338 e. The van der Waals surface area contributed by atoms with Gasteiger partial charge in [0.1, 0.15) is 0 Å². The van der Waals surface area contributed by atoms with Crippen LogP contribution >= 0.6 is 0 Å². The SMILES string of the molecule is c1cnn(-c2ccc(CCNCc3nc(C4CC4)no3)cc2)c1. The van der Waals surface area contributed by atoms with Crippen LogP contribution in [0.15, 0.2) is 47.2 Å². The molecular weight excluding hydrogens is 290 g/mol. The van der Waals surface area contributed by atoms with Crippen molar-refractivity contribution in [3.05, 3.63) is 60.0 Å². The van der Waals surface area contributed by atoms with Gasteiger partial charge in [0.15, 0.2) is 5.82 Å². The maximum Gasteiger partial charge on any atom is 0.240 e. The Morgan fingerprint density at radius 1 is 1.22 bits per heavy atom. The summed E-state index contributed by atoms with van der Waals surface area (Å²) in [5.74, 6) is 2.10. The fraction of sp³-hybridized carbons (Fsp3) is 0.353. The van der Waals surface area contributed by atoms with E-state index < -0.39 is 0 Å². The van der Waals surface area contributed by atoms with Gasteiger partial charge in [-0.1, -0.05) is 17.3 Å². The molecule has 1 aliphatic carbocycles. The van der Waals surface area contributed by atoms with Gasteiger partial charge in [-0.2, -0.15) is 10.1 Å². The Morgan fingerprint density at radius 2 is 2.09 bits per heavy atom. The predicted molar refractivity (Wildman–Crippen MR) is 85.2 cm³/mol. The van der Waals surface area contributed by atoms with Gasteiger partial charge in [0.05, 0.1) is 12.2 Å². The number of nitrogens with zero attached hydrogens (tertiary/aromatic N) is 4. The third-order valence-corrected chi connectivity index (χ3v) is 4.00. The van der Waals surface area contributed by atoms with Crippen LogP contribution in [-0.2, 0) is 13.0 Å². The molecule has 0 amide bonds. The van der Waals surface area contributed by atoms with E-state index in [-0.39, 0.29) is 0 Å². The molecule has 23 heavy (non-hydrogen) atoms. The van der Waals surface area contributed by atoms with Gasteiger partial charge < -0.3 is 9.84 Å². The van der Waals surface area contributed by atoms with Crippen molar-refractivity contribution < 1.29 is 4.52 Å². The number of benzene rings is 1. The molecule has 1 aliphatic rings. The molecule has 0 unspecified atom stereocenters. The van der Waals surface area contributed by atoms with E-state index in [2.05, 4.69) is 44.8 Å². The summed E-state index contributed by atoms with van der Waals surface area (Å²) in [7, 11) is 0. The number of hydrogen-bond acceptors (Lipinski definition) is 5. The van der Waals surface area contributed by atoms with Crippen molar-refractivity contribution >= 4 is 0 Å². The van der Waals surface area contributed by atoms with Crippen LogP contribution in [-0.4, -0.2) is 26.5 Å². The van der Waals surface area contributed by atoms with E-state index in [1.165, 1.54) is 18.4 Å². The van der Waals surface area contributed by atoms with Crippen molar-refractivity contribution in [1.82, 2.24) is 25.2 Å². The van der Waals surface area contributed by atoms with Gasteiger partial charge in [0.2, 0.25) is 5.89 Å². The summed E-state index contributed by atoms with van der Waals surface area (Å²) in [5.41, 5.74) is 2.36. The molecule has 4 rings (SSSR count). The third kappa shape index (κ3) is 3.48. The number of hydrogen-bond donors (Lipinski definition) is 1. The van der Waals surface area contributed by atoms with Gasteiger partial charge >= 0.3 is 0 Å². The molecule has 3 aromatic rings. The number of aromatic nitrogens is 4. The molecule has 0 saturated heterocycles. The zero-order valence-electron chi connectivity index (χ0n) is 12.9. The summed E-state index contributed by atoms with van der Waals surface area (Å²) in [4.78, 5) is 4.41. The molecule has 0 spiro atoms. The molecule has 2 heterocycles. The van der Waals surface area contributed by atoms with E-state index in [1.807, 2.05) is 16.9 Å². The highest BCUT2D eigenvalue weighted by Crippen LogP contribution is 2.37. The molecule has 0 atom stereocenters. The summed E-state index contributed by atoms with van der Waals surface area (Å²) >= 11 is 0. The molecule has 1 saturated carbocycles. The van der Waals surface area contributed by atoms with Crippen LogP contribution in [0.2, 0.25) is 0 Å². The normalized spacial score (nSPS) is 14.3. The summed E-state index contributed by atoms with van der Waals surface area (Å²) in [6, 6.07) is 10.4. The van der Waals surface area contributed by atoms with E-state index in [1.54, 1.807) is 6.20 Å². The van der Waals surface area contributed by atoms with Crippen LogP contribution in [0.4, 0.5) is 0 Å². The second-order valence-electron chi connectivity index (χ2n) is 5.86. The van der Waals surface area contributed by atoms with Crippen molar-refractivity contribution in [2.24, 2.45) is 0 Å². The van der Waals surface area contributed by atoms with Crippen molar-refractivity contribution in [3.8, 4) is 5.69 Å². The highest BCUT2D eigenvalue weighted by atomic mass is 16.5.